The predicted molar refractivity (Wildman–Crippen MR) is 79.5 cm³/mol. The fourth-order valence-corrected chi connectivity index (χ4v) is 5.29. The number of aromatic nitrogens is 2. The Morgan fingerprint density at radius 2 is 2.30 bits per heavy atom. The average Bonchev–Trinajstić information content (AvgIpc) is 2.98. The summed E-state index contributed by atoms with van der Waals surface area (Å²) >= 11 is 4.25. The third-order valence-electron chi connectivity index (χ3n) is 3.02. The van der Waals surface area contributed by atoms with E-state index in [1.165, 1.54) is 11.2 Å². The Labute approximate surface area is 129 Å². The van der Waals surface area contributed by atoms with Crippen LogP contribution in [0.2, 0.25) is 0 Å². The molecule has 2 heterocycles. The van der Waals surface area contributed by atoms with Crippen molar-refractivity contribution in [3.63, 3.8) is 0 Å². The van der Waals surface area contributed by atoms with Crippen molar-refractivity contribution in [2.45, 2.75) is 24.1 Å². The third kappa shape index (κ3) is 3.54. The summed E-state index contributed by atoms with van der Waals surface area (Å²) in [5.74, 6) is 0.0792. The van der Waals surface area contributed by atoms with Gasteiger partial charge in [0.15, 0.2) is 0 Å². The second kappa shape index (κ2) is 6.46. The van der Waals surface area contributed by atoms with E-state index in [0.29, 0.717) is 19.0 Å². The quantitative estimate of drug-likeness (QED) is 0.611. The molecule has 1 aromatic heterocycles. The highest BCUT2D eigenvalue weighted by Crippen LogP contribution is 2.29. The van der Waals surface area contributed by atoms with Gasteiger partial charge in [0.25, 0.3) is 10.0 Å². The molecule has 1 aliphatic rings. The standard InChI is InChI=1S/C10H15BrN4O3S2/c1-7(16)12-9-13-14-10(19-9)20(17,18)15-5-3-8(6-15)2-4-11/h8H,2-6H2,1H3,(H,12,13,16). The smallest absolute Gasteiger partial charge is 0.272 e. The average molecular weight is 383 g/mol. The molecule has 0 spiro atoms. The molecule has 0 aliphatic carbocycles. The van der Waals surface area contributed by atoms with Gasteiger partial charge in [0.1, 0.15) is 0 Å². The van der Waals surface area contributed by atoms with Crippen LogP contribution in [0, 0.1) is 5.92 Å². The maximum atomic E-state index is 12.4. The summed E-state index contributed by atoms with van der Waals surface area (Å²) < 4.78 is 26.2. The van der Waals surface area contributed by atoms with E-state index in [0.717, 1.165) is 29.5 Å². The van der Waals surface area contributed by atoms with Crippen LogP contribution < -0.4 is 5.32 Å². The number of alkyl halides is 1. The molecule has 1 atom stereocenters. The minimum atomic E-state index is -3.59. The normalized spacial score (nSPS) is 20.2. The molecule has 1 fully saturated rings. The van der Waals surface area contributed by atoms with Gasteiger partial charge in [-0.1, -0.05) is 27.3 Å². The van der Waals surface area contributed by atoms with Gasteiger partial charge in [0.2, 0.25) is 15.4 Å². The number of anilines is 1. The molecule has 1 saturated heterocycles. The van der Waals surface area contributed by atoms with Crippen molar-refractivity contribution in [3.8, 4) is 0 Å². The number of hydrogen-bond acceptors (Lipinski definition) is 6. The highest BCUT2D eigenvalue weighted by Gasteiger charge is 2.34. The topological polar surface area (TPSA) is 92.3 Å². The predicted octanol–water partition coefficient (Wildman–Crippen LogP) is 1.29. The third-order valence-corrected chi connectivity index (χ3v) is 6.52. The van der Waals surface area contributed by atoms with E-state index in [1.54, 1.807) is 0 Å². The Bertz CT molecular complexity index is 589. The van der Waals surface area contributed by atoms with Crippen LogP contribution in [-0.4, -0.2) is 47.2 Å². The summed E-state index contributed by atoms with van der Waals surface area (Å²) in [6.45, 7) is 2.36. The lowest BCUT2D eigenvalue weighted by molar-refractivity contribution is -0.114. The van der Waals surface area contributed by atoms with Crippen molar-refractivity contribution >= 4 is 48.3 Å². The van der Waals surface area contributed by atoms with Crippen LogP contribution in [0.15, 0.2) is 4.34 Å². The second-order valence-corrected chi connectivity index (χ2v) is 8.43. The summed E-state index contributed by atoms with van der Waals surface area (Å²) in [5, 5.41) is 10.9. The van der Waals surface area contributed by atoms with Crippen molar-refractivity contribution in [3.05, 3.63) is 0 Å². The van der Waals surface area contributed by atoms with Crippen molar-refractivity contribution in [1.29, 1.82) is 0 Å². The molecule has 0 bridgehead atoms. The summed E-state index contributed by atoms with van der Waals surface area (Å²) in [6, 6.07) is 0. The highest BCUT2D eigenvalue weighted by molar-refractivity contribution is 9.09. The summed E-state index contributed by atoms with van der Waals surface area (Å²) in [4.78, 5) is 10.9. The van der Waals surface area contributed by atoms with Gasteiger partial charge in [-0.2, -0.15) is 4.31 Å². The Balaban J connectivity index is 2.11. The summed E-state index contributed by atoms with van der Waals surface area (Å²) in [6.07, 6.45) is 1.82. The Morgan fingerprint density at radius 1 is 1.55 bits per heavy atom. The number of carbonyl (C=O) groups excluding carboxylic acids is 1. The zero-order chi connectivity index (χ0) is 14.8. The molecule has 0 radical (unpaired) electrons. The van der Waals surface area contributed by atoms with E-state index in [-0.39, 0.29) is 15.4 Å². The SMILES string of the molecule is CC(=O)Nc1nnc(S(=O)(=O)N2CCC(CCBr)C2)s1. The second-order valence-electron chi connectivity index (χ2n) is 4.55. The first kappa shape index (κ1) is 15.8. The number of sulfonamides is 1. The fraction of sp³-hybridized carbons (Fsp3) is 0.700. The number of amides is 1. The van der Waals surface area contributed by atoms with E-state index in [9.17, 15) is 13.2 Å². The monoisotopic (exact) mass is 382 g/mol. The number of hydrogen-bond donors (Lipinski definition) is 1. The van der Waals surface area contributed by atoms with Crippen LogP contribution in [0.4, 0.5) is 5.13 Å². The minimum absolute atomic E-state index is 0.0688. The molecule has 7 nitrogen and oxygen atoms in total. The number of rotatable bonds is 5. The minimum Gasteiger partial charge on any atom is -0.301 e. The van der Waals surface area contributed by atoms with Gasteiger partial charge in [-0.25, -0.2) is 8.42 Å². The van der Waals surface area contributed by atoms with Crippen molar-refractivity contribution in [1.82, 2.24) is 14.5 Å². The van der Waals surface area contributed by atoms with Crippen LogP contribution in [0.1, 0.15) is 19.8 Å². The molecule has 1 aromatic rings. The molecular weight excluding hydrogens is 368 g/mol. The Hall–Kier alpha value is -0.580. The van der Waals surface area contributed by atoms with Crippen LogP contribution in [0.3, 0.4) is 0 Å². The molecule has 1 unspecified atom stereocenters. The van der Waals surface area contributed by atoms with Crippen molar-refractivity contribution in [2.75, 3.05) is 23.7 Å². The Kier molecular flexibility index (Phi) is 5.10. The van der Waals surface area contributed by atoms with Crippen LogP contribution in [0.25, 0.3) is 0 Å². The number of halogens is 1. The largest absolute Gasteiger partial charge is 0.301 e. The van der Waals surface area contributed by atoms with E-state index in [1.807, 2.05) is 0 Å². The van der Waals surface area contributed by atoms with E-state index < -0.39 is 10.0 Å². The van der Waals surface area contributed by atoms with E-state index in [4.69, 9.17) is 0 Å². The molecule has 20 heavy (non-hydrogen) atoms. The van der Waals surface area contributed by atoms with Crippen LogP contribution in [-0.2, 0) is 14.8 Å². The lowest BCUT2D eigenvalue weighted by Crippen LogP contribution is -2.28. The zero-order valence-corrected chi connectivity index (χ0v) is 14.1. The number of carbonyl (C=O) groups is 1. The van der Waals surface area contributed by atoms with Gasteiger partial charge >= 0.3 is 0 Å². The summed E-state index contributed by atoms with van der Waals surface area (Å²) in [7, 11) is -3.59. The van der Waals surface area contributed by atoms with Gasteiger partial charge in [-0.05, 0) is 18.8 Å². The molecule has 112 valence electrons. The molecular formula is C10H15BrN4O3S2. The Morgan fingerprint density at radius 3 is 2.95 bits per heavy atom. The van der Waals surface area contributed by atoms with E-state index >= 15 is 0 Å². The molecule has 10 heteroatoms. The van der Waals surface area contributed by atoms with Crippen molar-refractivity contribution < 1.29 is 13.2 Å². The van der Waals surface area contributed by atoms with Gasteiger partial charge < -0.3 is 5.32 Å². The van der Waals surface area contributed by atoms with Gasteiger partial charge in [-0.15, -0.1) is 10.2 Å². The van der Waals surface area contributed by atoms with Crippen LogP contribution >= 0.6 is 27.3 Å². The lowest BCUT2D eigenvalue weighted by atomic mass is 10.1. The number of nitrogens with one attached hydrogen (secondary N) is 1. The maximum absolute atomic E-state index is 12.4. The molecule has 2 rings (SSSR count). The zero-order valence-electron chi connectivity index (χ0n) is 10.9. The van der Waals surface area contributed by atoms with E-state index in [2.05, 4.69) is 31.4 Å². The van der Waals surface area contributed by atoms with Crippen LogP contribution in [0.5, 0.6) is 0 Å². The first-order valence-electron chi connectivity index (χ1n) is 6.10. The first-order valence-corrected chi connectivity index (χ1v) is 9.48. The molecule has 0 aromatic carbocycles. The molecule has 1 aliphatic heterocycles. The maximum Gasteiger partial charge on any atom is 0.272 e. The highest BCUT2D eigenvalue weighted by atomic mass is 79.9. The molecule has 1 N–H and O–H groups in total. The van der Waals surface area contributed by atoms with Gasteiger partial charge in [-0.3, -0.25) is 4.79 Å². The summed E-state index contributed by atoms with van der Waals surface area (Å²) in [5.41, 5.74) is 0. The van der Waals surface area contributed by atoms with Crippen molar-refractivity contribution in [2.24, 2.45) is 5.92 Å². The fourth-order valence-electron chi connectivity index (χ4n) is 2.03. The molecule has 0 saturated carbocycles. The first-order chi connectivity index (χ1) is 9.43. The van der Waals surface area contributed by atoms with Gasteiger partial charge in [0.05, 0.1) is 0 Å². The number of nitrogens with zero attached hydrogens (tertiary/aromatic N) is 3. The van der Waals surface area contributed by atoms with Gasteiger partial charge in [0, 0.05) is 25.3 Å². The molecule has 1 amide bonds. The lowest BCUT2D eigenvalue weighted by Gasteiger charge is -2.13.